The minimum Gasteiger partial charge on any atom is -0.491 e. The van der Waals surface area contributed by atoms with Gasteiger partial charge in [-0.05, 0) is 44.5 Å². The van der Waals surface area contributed by atoms with Gasteiger partial charge in [0.25, 0.3) is 5.91 Å². The van der Waals surface area contributed by atoms with Gasteiger partial charge in [-0.25, -0.2) is 0 Å². The highest BCUT2D eigenvalue weighted by Gasteiger charge is 2.19. The lowest BCUT2D eigenvalue weighted by Gasteiger charge is -2.28. The van der Waals surface area contributed by atoms with E-state index in [1.54, 1.807) is 0 Å². The Morgan fingerprint density at radius 3 is 2.58 bits per heavy atom. The van der Waals surface area contributed by atoms with E-state index in [4.69, 9.17) is 4.74 Å². The second-order valence-corrected chi connectivity index (χ2v) is 5.19. The number of carbonyl (C=O) groups is 1. The van der Waals surface area contributed by atoms with E-state index in [0.29, 0.717) is 0 Å². The van der Waals surface area contributed by atoms with E-state index < -0.39 is 0 Å². The number of aryl methyl sites for hydroxylation is 1. The molecule has 1 saturated heterocycles. The zero-order valence-electron chi connectivity index (χ0n) is 11.9. The lowest BCUT2D eigenvalue weighted by Crippen LogP contribution is -2.46. The predicted octanol–water partition coefficient (Wildman–Crippen LogP) is 1.83. The first kappa shape index (κ1) is 13.9. The summed E-state index contributed by atoms with van der Waals surface area (Å²) >= 11 is 0. The highest BCUT2D eigenvalue weighted by atomic mass is 16.5. The Hall–Kier alpha value is -1.55. The van der Waals surface area contributed by atoms with Gasteiger partial charge in [0, 0.05) is 31.7 Å². The quantitative estimate of drug-likeness (QED) is 0.903. The van der Waals surface area contributed by atoms with Gasteiger partial charge in [-0.1, -0.05) is 0 Å². The zero-order valence-corrected chi connectivity index (χ0v) is 11.9. The molecule has 0 atom stereocenters. The molecular weight excluding hydrogens is 240 g/mol. The van der Waals surface area contributed by atoms with Crippen molar-refractivity contribution in [3.8, 4) is 5.75 Å². The van der Waals surface area contributed by atoms with E-state index in [1.807, 2.05) is 43.9 Å². The lowest BCUT2D eigenvalue weighted by atomic mass is 10.1. The molecule has 4 nitrogen and oxygen atoms in total. The van der Waals surface area contributed by atoms with Gasteiger partial charge < -0.3 is 15.0 Å². The molecule has 0 aliphatic carbocycles. The van der Waals surface area contributed by atoms with Crippen molar-refractivity contribution in [2.75, 3.05) is 26.2 Å². The summed E-state index contributed by atoms with van der Waals surface area (Å²) in [6, 6.07) is 5.69. The number of carbonyl (C=O) groups excluding carboxylic acids is 1. The monoisotopic (exact) mass is 262 g/mol. The summed E-state index contributed by atoms with van der Waals surface area (Å²) in [4.78, 5) is 14.3. The van der Waals surface area contributed by atoms with Crippen LogP contribution in [0.5, 0.6) is 5.75 Å². The van der Waals surface area contributed by atoms with E-state index in [0.717, 1.165) is 43.1 Å². The minimum absolute atomic E-state index is 0.120. The van der Waals surface area contributed by atoms with Crippen molar-refractivity contribution in [3.05, 3.63) is 29.3 Å². The molecule has 0 aromatic heterocycles. The molecule has 104 valence electrons. The van der Waals surface area contributed by atoms with Gasteiger partial charge in [-0.2, -0.15) is 0 Å². The van der Waals surface area contributed by atoms with Gasteiger partial charge in [0.15, 0.2) is 0 Å². The molecule has 1 N–H and O–H groups in total. The molecule has 0 spiro atoms. The number of piperazine rings is 1. The van der Waals surface area contributed by atoms with Crippen molar-refractivity contribution in [2.45, 2.75) is 26.9 Å². The molecule has 1 amide bonds. The molecule has 1 aliphatic heterocycles. The summed E-state index contributed by atoms with van der Waals surface area (Å²) in [7, 11) is 0. The largest absolute Gasteiger partial charge is 0.491 e. The molecular formula is C15H22N2O2. The number of hydrogen-bond donors (Lipinski definition) is 1. The molecule has 2 rings (SSSR count). The molecule has 0 saturated carbocycles. The first-order valence-corrected chi connectivity index (χ1v) is 6.85. The van der Waals surface area contributed by atoms with Gasteiger partial charge in [0.05, 0.1) is 6.10 Å². The number of amides is 1. The van der Waals surface area contributed by atoms with E-state index in [-0.39, 0.29) is 12.0 Å². The minimum atomic E-state index is 0.120. The summed E-state index contributed by atoms with van der Waals surface area (Å²) in [5.74, 6) is 0.944. The third-order valence-electron chi connectivity index (χ3n) is 3.20. The average Bonchev–Trinajstić information content (AvgIpc) is 2.38. The highest BCUT2D eigenvalue weighted by molar-refractivity contribution is 5.95. The molecule has 0 bridgehead atoms. The molecule has 1 fully saturated rings. The fraction of sp³-hybridized carbons (Fsp3) is 0.533. The van der Waals surface area contributed by atoms with Crippen LogP contribution in [0, 0.1) is 6.92 Å². The fourth-order valence-electron chi connectivity index (χ4n) is 2.26. The van der Waals surface area contributed by atoms with Crippen LogP contribution >= 0.6 is 0 Å². The summed E-state index contributed by atoms with van der Waals surface area (Å²) in [5.41, 5.74) is 1.75. The van der Waals surface area contributed by atoms with E-state index in [2.05, 4.69) is 5.32 Å². The van der Waals surface area contributed by atoms with E-state index in [9.17, 15) is 4.79 Å². The summed E-state index contributed by atoms with van der Waals surface area (Å²) in [6.07, 6.45) is 0.147. The van der Waals surface area contributed by atoms with Crippen LogP contribution in [-0.4, -0.2) is 43.1 Å². The van der Waals surface area contributed by atoms with Crippen molar-refractivity contribution >= 4 is 5.91 Å². The van der Waals surface area contributed by atoms with Crippen LogP contribution in [0.2, 0.25) is 0 Å². The zero-order chi connectivity index (χ0) is 13.8. The Morgan fingerprint density at radius 2 is 2.00 bits per heavy atom. The maximum atomic E-state index is 12.4. The number of nitrogens with zero attached hydrogens (tertiary/aromatic N) is 1. The van der Waals surface area contributed by atoms with Crippen LogP contribution in [0.4, 0.5) is 0 Å². The van der Waals surface area contributed by atoms with Crippen LogP contribution in [0.3, 0.4) is 0 Å². The topological polar surface area (TPSA) is 41.6 Å². The second-order valence-electron chi connectivity index (χ2n) is 5.19. The Morgan fingerprint density at radius 1 is 1.32 bits per heavy atom. The maximum Gasteiger partial charge on any atom is 0.254 e. The van der Waals surface area contributed by atoms with Crippen molar-refractivity contribution in [3.63, 3.8) is 0 Å². The van der Waals surface area contributed by atoms with Crippen molar-refractivity contribution in [2.24, 2.45) is 0 Å². The Labute approximate surface area is 114 Å². The fourth-order valence-corrected chi connectivity index (χ4v) is 2.26. The van der Waals surface area contributed by atoms with Crippen LogP contribution < -0.4 is 10.1 Å². The maximum absolute atomic E-state index is 12.4. The second kappa shape index (κ2) is 6.06. The summed E-state index contributed by atoms with van der Waals surface area (Å²) < 4.78 is 5.64. The van der Waals surface area contributed by atoms with Crippen LogP contribution in [0.1, 0.15) is 29.8 Å². The van der Waals surface area contributed by atoms with Crippen LogP contribution in [0.15, 0.2) is 18.2 Å². The smallest absolute Gasteiger partial charge is 0.254 e. The van der Waals surface area contributed by atoms with E-state index >= 15 is 0 Å². The highest BCUT2D eigenvalue weighted by Crippen LogP contribution is 2.20. The molecule has 1 aromatic rings. The third kappa shape index (κ3) is 3.47. The molecule has 1 aromatic carbocycles. The normalized spacial score (nSPS) is 15.7. The third-order valence-corrected chi connectivity index (χ3v) is 3.20. The number of rotatable bonds is 3. The lowest BCUT2D eigenvalue weighted by molar-refractivity contribution is 0.0735. The Bertz CT molecular complexity index is 451. The van der Waals surface area contributed by atoms with Crippen molar-refractivity contribution in [1.82, 2.24) is 10.2 Å². The molecule has 1 aliphatic rings. The number of nitrogens with one attached hydrogen (secondary N) is 1. The van der Waals surface area contributed by atoms with Gasteiger partial charge in [0.2, 0.25) is 0 Å². The van der Waals surface area contributed by atoms with Crippen LogP contribution in [-0.2, 0) is 0 Å². The van der Waals surface area contributed by atoms with Gasteiger partial charge in [-0.3, -0.25) is 4.79 Å². The van der Waals surface area contributed by atoms with Crippen molar-refractivity contribution in [1.29, 1.82) is 0 Å². The molecule has 19 heavy (non-hydrogen) atoms. The first-order chi connectivity index (χ1) is 9.08. The number of hydrogen-bond acceptors (Lipinski definition) is 3. The van der Waals surface area contributed by atoms with Gasteiger partial charge in [-0.15, -0.1) is 0 Å². The number of benzene rings is 1. The first-order valence-electron chi connectivity index (χ1n) is 6.85. The van der Waals surface area contributed by atoms with Gasteiger partial charge >= 0.3 is 0 Å². The van der Waals surface area contributed by atoms with Gasteiger partial charge in [0.1, 0.15) is 5.75 Å². The predicted molar refractivity (Wildman–Crippen MR) is 75.7 cm³/mol. The molecule has 1 heterocycles. The average molecular weight is 262 g/mol. The Balaban J connectivity index is 2.13. The Kier molecular flexibility index (Phi) is 4.43. The molecule has 4 heteroatoms. The molecule has 0 unspecified atom stereocenters. The van der Waals surface area contributed by atoms with Crippen molar-refractivity contribution < 1.29 is 9.53 Å². The standard InChI is InChI=1S/C15H22N2O2/c1-11(2)19-13-4-5-14(12(3)10-13)15(18)17-8-6-16-7-9-17/h4-5,10-11,16H,6-9H2,1-3H3. The number of ether oxygens (including phenoxy) is 1. The summed E-state index contributed by atoms with van der Waals surface area (Å²) in [6.45, 7) is 9.26. The van der Waals surface area contributed by atoms with E-state index in [1.165, 1.54) is 0 Å². The summed E-state index contributed by atoms with van der Waals surface area (Å²) in [5, 5.41) is 3.25. The SMILES string of the molecule is Cc1cc(OC(C)C)ccc1C(=O)N1CCNCC1. The van der Waals surface area contributed by atoms with Crippen LogP contribution in [0.25, 0.3) is 0 Å². The molecule has 0 radical (unpaired) electrons.